The second kappa shape index (κ2) is 14.0. The van der Waals surface area contributed by atoms with E-state index in [2.05, 4.69) is 5.32 Å². The van der Waals surface area contributed by atoms with Crippen LogP contribution >= 0.6 is 0 Å². The number of ketones is 2. The van der Waals surface area contributed by atoms with E-state index in [0.29, 0.717) is 12.0 Å². The maximum atomic E-state index is 13.2. The summed E-state index contributed by atoms with van der Waals surface area (Å²) in [4.78, 5) is 50.1. The molecule has 2 aliphatic rings. The van der Waals surface area contributed by atoms with Gasteiger partial charge in [-0.15, -0.1) is 0 Å². The van der Waals surface area contributed by atoms with E-state index in [0.717, 1.165) is 6.08 Å². The lowest BCUT2D eigenvalue weighted by molar-refractivity contribution is -0.120. The highest BCUT2D eigenvalue weighted by atomic mass is 16.6. The van der Waals surface area contributed by atoms with Gasteiger partial charge in [0.15, 0.2) is 6.10 Å². The van der Waals surface area contributed by atoms with Gasteiger partial charge in [0.2, 0.25) is 11.6 Å². The van der Waals surface area contributed by atoms with Crippen molar-refractivity contribution in [3.05, 3.63) is 58.5 Å². The van der Waals surface area contributed by atoms with Crippen LogP contribution in [0.25, 0.3) is 0 Å². The fourth-order valence-electron chi connectivity index (χ4n) is 4.61. The highest BCUT2D eigenvalue weighted by Crippen LogP contribution is 2.28. The van der Waals surface area contributed by atoms with Gasteiger partial charge in [0.25, 0.3) is 5.91 Å². The first-order valence-electron chi connectivity index (χ1n) is 12.6. The number of methoxy groups -OCH3 is 2. The topological polar surface area (TPSA) is 180 Å². The molecule has 0 saturated carbocycles. The van der Waals surface area contributed by atoms with Crippen molar-refractivity contribution in [3.63, 3.8) is 0 Å². The summed E-state index contributed by atoms with van der Waals surface area (Å²) < 4.78 is 16.4. The molecule has 2 bridgehead atoms. The summed E-state index contributed by atoms with van der Waals surface area (Å²) in [5.74, 6) is -2.37. The monoisotopic (exact) mass is 545 g/mol. The number of allylic oxidation sites excluding steroid dienone is 4. The van der Waals surface area contributed by atoms with Crippen LogP contribution in [0.5, 0.6) is 0 Å². The Bertz CT molecular complexity index is 1130. The van der Waals surface area contributed by atoms with E-state index in [4.69, 9.17) is 25.7 Å². The average molecular weight is 546 g/mol. The molecule has 1 aliphatic carbocycles. The number of carbonyl (C=O) groups is 4. The van der Waals surface area contributed by atoms with Gasteiger partial charge < -0.3 is 36.1 Å². The Labute approximate surface area is 228 Å². The lowest BCUT2D eigenvalue weighted by atomic mass is 9.85. The Kier molecular flexibility index (Phi) is 11.4. The summed E-state index contributed by atoms with van der Waals surface area (Å²) in [6.07, 6.45) is 3.55. The lowest BCUT2D eigenvalue weighted by Gasteiger charge is -2.29. The third-order valence-electron chi connectivity index (χ3n) is 6.84. The van der Waals surface area contributed by atoms with Crippen LogP contribution in [0, 0.1) is 11.8 Å². The van der Waals surface area contributed by atoms with Crippen LogP contribution in [0.4, 0.5) is 4.79 Å². The van der Waals surface area contributed by atoms with Crippen molar-refractivity contribution in [2.75, 3.05) is 14.2 Å². The molecule has 11 heteroatoms. The van der Waals surface area contributed by atoms with Gasteiger partial charge in [0.05, 0.1) is 23.6 Å². The summed E-state index contributed by atoms with van der Waals surface area (Å²) >= 11 is 0. The molecule has 2 amide bonds. The van der Waals surface area contributed by atoms with Gasteiger partial charge in [-0.05, 0) is 38.2 Å². The normalized spacial score (nSPS) is 33.3. The van der Waals surface area contributed by atoms with Crippen molar-refractivity contribution in [1.29, 1.82) is 0 Å². The molecule has 0 spiro atoms. The van der Waals surface area contributed by atoms with E-state index in [1.807, 2.05) is 6.92 Å². The number of primary amides is 1. The van der Waals surface area contributed by atoms with Crippen molar-refractivity contribution in [1.82, 2.24) is 5.32 Å². The molecule has 0 radical (unpaired) electrons. The largest absolute Gasteiger partial charge is 0.439 e. The molecule has 1 aliphatic heterocycles. The molecule has 0 fully saturated rings. The van der Waals surface area contributed by atoms with Gasteiger partial charge in [-0.3, -0.25) is 14.4 Å². The Balaban J connectivity index is 2.58. The SMILES string of the molecule is COC1C[C@H](C)CC2=C(N)C(=O)C=C(NC(=O)/C(C)=C/C=C/[C@H](OC)[C@@H](OC(N)=O)/C(C)=C/[C@H](C)[C@H]1O)C2=O. The maximum absolute atomic E-state index is 13.2. The summed E-state index contributed by atoms with van der Waals surface area (Å²) in [5, 5.41) is 13.6. The number of amides is 2. The van der Waals surface area contributed by atoms with Crippen molar-refractivity contribution < 1.29 is 38.5 Å². The molecular weight excluding hydrogens is 506 g/mol. The maximum Gasteiger partial charge on any atom is 0.405 e. The van der Waals surface area contributed by atoms with E-state index in [1.165, 1.54) is 33.3 Å². The third kappa shape index (κ3) is 8.22. The zero-order valence-corrected chi connectivity index (χ0v) is 23.2. The van der Waals surface area contributed by atoms with E-state index < -0.39 is 53.9 Å². The first kappa shape index (κ1) is 31.7. The van der Waals surface area contributed by atoms with Crippen LogP contribution in [0.2, 0.25) is 0 Å². The Morgan fingerprint density at radius 3 is 2.38 bits per heavy atom. The Morgan fingerprint density at radius 1 is 1.13 bits per heavy atom. The average Bonchev–Trinajstić information content (AvgIpc) is 2.88. The van der Waals surface area contributed by atoms with Crippen LogP contribution in [-0.2, 0) is 28.6 Å². The molecule has 11 nitrogen and oxygen atoms in total. The molecule has 1 heterocycles. The number of aliphatic hydroxyl groups is 1. The molecule has 39 heavy (non-hydrogen) atoms. The highest BCUT2D eigenvalue weighted by Gasteiger charge is 2.32. The minimum absolute atomic E-state index is 0.104. The third-order valence-corrected chi connectivity index (χ3v) is 6.84. The second-order valence-electron chi connectivity index (χ2n) is 9.97. The Morgan fingerprint density at radius 2 is 1.79 bits per heavy atom. The quantitative estimate of drug-likeness (QED) is 0.303. The van der Waals surface area contributed by atoms with Gasteiger partial charge in [0.1, 0.15) is 6.10 Å². The zero-order valence-electron chi connectivity index (χ0n) is 23.2. The molecule has 1 unspecified atom stereocenters. The van der Waals surface area contributed by atoms with Crippen LogP contribution in [0.1, 0.15) is 40.5 Å². The summed E-state index contributed by atoms with van der Waals surface area (Å²) in [5.41, 5.74) is 11.9. The van der Waals surface area contributed by atoms with Crippen molar-refractivity contribution in [2.24, 2.45) is 23.3 Å². The number of nitrogens with two attached hydrogens (primary N) is 2. The fraction of sp³-hybridized carbons (Fsp3) is 0.500. The van der Waals surface area contributed by atoms with Crippen molar-refractivity contribution in [3.8, 4) is 0 Å². The van der Waals surface area contributed by atoms with Crippen LogP contribution in [0.3, 0.4) is 0 Å². The number of hydrogen-bond acceptors (Lipinski definition) is 9. The lowest BCUT2D eigenvalue weighted by Crippen LogP contribution is -2.37. The number of ether oxygens (including phenoxy) is 3. The molecule has 6 atom stereocenters. The van der Waals surface area contributed by atoms with Gasteiger partial charge >= 0.3 is 6.09 Å². The van der Waals surface area contributed by atoms with E-state index in [1.54, 1.807) is 26.0 Å². The minimum atomic E-state index is -1.00. The van der Waals surface area contributed by atoms with Gasteiger partial charge in [0, 0.05) is 37.4 Å². The number of Topliss-reactive ketones (excluding diaryl/α,β-unsaturated/α-hetero) is 1. The number of aliphatic hydroxyl groups excluding tert-OH is 1. The molecule has 0 saturated heterocycles. The molecular formula is C28H39N3O8. The van der Waals surface area contributed by atoms with Crippen LogP contribution in [-0.4, -0.2) is 67.3 Å². The first-order valence-corrected chi connectivity index (χ1v) is 12.6. The molecule has 214 valence electrons. The van der Waals surface area contributed by atoms with E-state index >= 15 is 0 Å². The number of fused-ring (bicyclic) bond motifs is 2. The van der Waals surface area contributed by atoms with E-state index in [-0.39, 0.29) is 34.9 Å². The first-order chi connectivity index (χ1) is 18.3. The van der Waals surface area contributed by atoms with E-state index in [9.17, 15) is 24.3 Å². The molecule has 6 N–H and O–H groups in total. The zero-order chi connectivity index (χ0) is 29.4. The molecule has 0 aromatic heterocycles. The fourth-order valence-corrected chi connectivity index (χ4v) is 4.61. The molecule has 0 aromatic carbocycles. The van der Waals surface area contributed by atoms with Crippen LogP contribution in [0.15, 0.2) is 58.5 Å². The van der Waals surface area contributed by atoms with Crippen molar-refractivity contribution in [2.45, 2.75) is 65.0 Å². The van der Waals surface area contributed by atoms with Gasteiger partial charge in [-0.1, -0.05) is 38.2 Å². The predicted molar refractivity (Wildman–Crippen MR) is 144 cm³/mol. The van der Waals surface area contributed by atoms with Gasteiger partial charge in [-0.2, -0.15) is 0 Å². The number of rotatable bonds is 3. The Hall–Kier alpha value is -3.54. The van der Waals surface area contributed by atoms with Crippen LogP contribution < -0.4 is 16.8 Å². The number of hydrogen-bond donors (Lipinski definition) is 4. The molecule has 0 aromatic rings. The summed E-state index contributed by atoms with van der Waals surface area (Å²) in [6, 6.07) is 0. The molecule has 2 rings (SSSR count). The summed E-state index contributed by atoms with van der Waals surface area (Å²) in [7, 11) is 2.90. The predicted octanol–water partition coefficient (Wildman–Crippen LogP) is 1.72. The minimum Gasteiger partial charge on any atom is -0.439 e. The number of carbonyl (C=O) groups excluding carboxylic acids is 4. The standard InChI is InChI=1S/C28H39N3O8/c1-14-10-18-23(29)20(32)13-19(25(18)34)31-27(35)15(2)8-7-9-21(37-5)26(39-28(30)36)17(4)12-16(3)24(33)22(11-14)38-6/h7-9,12-14,16,21-22,24,26,33H,10-11,29H2,1-6H3,(H2,30,36)(H,31,35)/b9-7+,15-8+,17-12+/t14-,16+,21+,22?,24-,26+/m1/s1. The van der Waals surface area contributed by atoms with Gasteiger partial charge in [-0.25, -0.2) is 4.79 Å². The second-order valence-corrected chi connectivity index (χ2v) is 9.97. The smallest absolute Gasteiger partial charge is 0.405 e. The highest BCUT2D eigenvalue weighted by molar-refractivity contribution is 6.23. The van der Waals surface area contributed by atoms with Crippen molar-refractivity contribution >= 4 is 23.6 Å². The summed E-state index contributed by atoms with van der Waals surface area (Å²) in [6.45, 7) is 6.89. The number of nitrogens with one attached hydrogen (secondary N) is 1.